The Hall–Kier alpha value is -3.99. The number of fused-ring (bicyclic) bond motifs is 1. The molecule has 0 aliphatic carbocycles. The number of rotatable bonds is 4. The van der Waals surface area contributed by atoms with E-state index in [2.05, 4.69) is 15.0 Å². The topological polar surface area (TPSA) is 76.4 Å². The lowest BCUT2D eigenvalue weighted by Gasteiger charge is -2.13. The standard InChI is InChI=1S/C24H17F4N3O3S/c1-10-7-11(2)20-14(8-10)30-23(34-20)12-5-4-6-13(9-12)29-24(35)31-22(32)15-16(25)18(27)21(33-3)19(28)17(15)26/h4-9H,1-3H3,(H2,29,31,32,35). The molecule has 3 aromatic carbocycles. The minimum absolute atomic E-state index is 0.348. The van der Waals surface area contributed by atoms with Gasteiger partial charge in [-0.05, 0) is 61.5 Å². The Labute approximate surface area is 201 Å². The van der Waals surface area contributed by atoms with Gasteiger partial charge in [-0.2, -0.15) is 8.78 Å². The lowest BCUT2D eigenvalue weighted by molar-refractivity contribution is 0.0966. The molecule has 11 heteroatoms. The summed E-state index contributed by atoms with van der Waals surface area (Å²) in [5, 5.41) is 4.30. The number of methoxy groups -OCH3 is 1. The number of nitrogens with one attached hydrogen (secondary N) is 2. The van der Waals surface area contributed by atoms with Crippen LogP contribution in [0, 0.1) is 37.1 Å². The Morgan fingerprint density at radius 2 is 1.71 bits per heavy atom. The van der Waals surface area contributed by atoms with Crippen molar-refractivity contribution in [3.8, 4) is 17.2 Å². The Kier molecular flexibility index (Phi) is 6.44. The number of nitrogens with zero attached hydrogens (tertiary/aromatic N) is 1. The highest BCUT2D eigenvalue weighted by Gasteiger charge is 2.30. The van der Waals surface area contributed by atoms with Crippen molar-refractivity contribution in [3.05, 3.63) is 76.4 Å². The molecule has 0 unspecified atom stereocenters. The van der Waals surface area contributed by atoms with Crippen molar-refractivity contribution in [1.29, 1.82) is 0 Å². The minimum atomic E-state index is -1.91. The highest BCUT2D eigenvalue weighted by atomic mass is 32.1. The van der Waals surface area contributed by atoms with E-state index in [1.54, 1.807) is 24.3 Å². The van der Waals surface area contributed by atoms with Crippen LogP contribution in [-0.2, 0) is 0 Å². The number of anilines is 1. The van der Waals surface area contributed by atoms with Crippen molar-refractivity contribution in [2.75, 3.05) is 12.4 Å². The van der Waals surface area contributed by atoms with Crippen LogP contribution in [0.1, 0.15) is 21.5 Å². The van der Waals surface area contributed by atoms with Crippen molar-refractivity contribution in [1.82, 2.24) is 10.3 Å². The third-order valence-corrected chi connectivity index (χ3v) is 5.27. The van der Waals surface area contributed by atoms with Gasteiger partial charge in [-0.15, -0.1) is 0 Å². The number of ether oxygens (including phenoxy) is 1. The van der Waals surface area contributed by atoms with Gasteiger partial charge in [-0.1, -0.05) is 12.1 Å². The van der Waals surface area contributed by atoms with Gasteiger partial charge in [-0.25, -0.2) is 13.8 Å². The third kappa shape index (κ3) is 4.54. The second-order valence-electron chi connectivity index (χ2n) is 7.60. The molecule has 0 atom stereocenters. The molecule has 4 rings (SSSR count). The molecule has 0 spiro atoms. The first-order chi connectivity index (χ1) is 16.6. The van der Waals surface area contributed by atoms with E-state index in [0.717, 1.165) is 18.2 Å². The van der Waals surface area contributed by atoms with Crippen LogP contribution in [0.2, 0.25) is 0 Å². The van der Waals surface area contributed by atoms with Crippen LogP contribution in [0.3, 0.4) is 0 Å². The molecule has 0 bridgehead atoms. The molecule has 2 N–H and O–H groups in total. The van der Waals surface area contributed by atoms with Gasteiger partial charge in [0, 0.05) is 11.3 Å². The summed E-state index contributed by atoms with van der Waals surface area (Å²) in [7, 11) is 0.830. The molecule has 0 saturated carbocycles. The summed E-state index contributed by atoms with van der Waals surface area (Å²) in [6, 6.07) is 10.5. The molecule has 6 nitrogen and oxygen atoms in total. The maximum atomic E-state index is 14.2. The Morgan fingerprint density at radius 1 is 1.03 bits per heavy atom. The molecule has 0 aliphatic heterocycles. The first kappa shape index (κ1) is 24.1. The number of aryl methyl sites for hydroxylation is 2. The second-order valence-corrected chi connectivity index (χ2v) is 8.01. The van der Waals surface area contributed by atoms with Gasteiger partial charge in [0.05, 0.1) is 7.11 Å². The van der Waals surface area contributed by atoms with Gasteiger partial charge in [0.15, 0.2) is 28.1 Å². The van der Waals surface area contributed by atoms with Gasteiger partial charge in [0.1, 0.15) is 11.1 Å². The fourth-order valence-corrected chi connectivity index (χ4v) is 3.76. The van der Waals surface area contributed by atoms with Crippen LogP contribution in [0.15, 0.2) is 40.8 Å². The summed E-state index contributed by atoms with van der Waals surface area (Å²) in [4.78, 5) is 16.8. The average molecular weight is 503 g/mol. The lowest BCUT2D eigenvalue weighted by atomic mass is 10.1. The Morgan fingerprint density at radius 3 is 2.37 bits per heavy atom. The summed E-state index contributed by atoms with van der Waals surface area (Å²) in [5.41, 5.74) is 2.82. The van der Waals surface area contributed by atoms with Crippen molar-refractivity contribution < 1.29 is 31.5 Å². The molecule has 0 radical (unpaired) electrons. The van der Waals surface area contributed by atoms with E-state index in [-0.39, 0.29) is 5.11 Å². The molecule has 0 saturated heterocycles. The maximum Gasteiger partial charge on any atom is 0.263 e. The zero-order valence-corrected chi connectivity index (χ0v) is 19.4. The Bertz CT molecular complexity index is 1470. The minimum Gasteiger partial charge on any atom is -0.491 e. The van der Waals surface area contributed by atoms with E-state index in [0.29, 0.717) is 28.2 Å². The normalized spacial score (nSPS) is 10.9. The summed E-state index contributed by atoms with van der Waals surface area (Å²) in [5.74, 6) is -9.92. The molecule has 1 heterocycles. The number of hydrogen-bond donors (Lipinski definition) is 2. The van der Waals surface area contributed by atoms with Gasteiger partial charge >= 0.3 is 0 Å². The molecule has 1 aromatic heterocycles. The smallest absolute Gasteiger partial charge is 0.263 e. The van der Waals surface area contributed by atoms with Crippen LogP contribution in [0.4, 0.5) is 23.2 Å². The average Bonchev–Trinajstić information content (AvgIpc) is 3.23. The van der Waals surface area contributed by atoms with Crippen LogP contribution >= 0.6 is 12.2 Å². The molecule has 1 amide bonds. The SMILES string of the molecule is COc1c(F)c(F)c(C(=O)NC(=S)Nc2cccc(-c3nc4cc(C)cc(C)c4o3)c2)c(F)c1F. The van der Waals surface area contributed by atoms with E-state index >= 15 is 0 Å². The molecule has 35 heavy (non-hydrogen) atoms. The van der Waals surface area contributed by atoms with Crippen LogP contribution in [0.5, 0.6) is 5.75 Å². The number of halogens is 4. The van der Waals surface area contributed by atoms with E-state index in [9.17, 15) is 22.4 Å². The number of benzene rings is 3. The van der Waals surface area contributed by atoms with Crippen LogP contribution in [-0.4, -0.2) is 23.1 Å². The van der Waals surface area contributed by atoms with Crippen molar-refractivity contribution in [2.24, 2.45) is 0 Å². The lowest BCUT2D eigenvalue weighted by Crippen LogP contribution is -2.35. The van der Waals surface area contributed by atoms with Crippen LogP contribution in [0.25, 0.3) is 22.6 Å². The van der Waals surface area contributed by atoms with Gasteiger partial charge < -0.3 is 14.5 Å². The van der Waals surface area contributed by atoms with Crippen molar-refractivity contribution in [3.63, 3.8) is 0 Å². The quantitative estimate of drug-likeness (QED) is 0.208. The molecule has 4 aromatic rings. The van der Waals surface area contributed by atoms with Gasteiger partial charge in [0.25, 0.3) is 5.91 Å². The summed E-state index contributed by atoms with van der Waals surface area (Å²) in [6.07, 6.45) is 0. The van der Waals surface area contributed by atoms with E-state index in [4.69, 9.17) is 16.6 Å². The van der Waals surface area contributed by atoms with E-state index < -0.39 is 40.5 Å². The Balaban J connectivity index is 1.55. The van der Waals surface area contributed by atoms with Gasteiger partial charge in [-0.3, -0.25) is 10.1 Å². The number of aromatic nitrogens is 1. The number of hydrogen-bond acceptors (Lipinski definition) is 5. The number of oxazole rings is 1. The van der Waals surface area contributed by atoms with E-state index in [1.807, 2.05) is 31.3 Å². The predicted octanol–water partition coefficient (Wildman–Crippen LogP) is 5.80. The molecular formula is C24H17F4N3O3S. The second kappa shape index (κ2) is 9.34. The first-order valence-corrected chi connectivity index (χ1v) is 10.5. The van der Waals surface area contributed by atoms with Gasteiger partial charge in [0.2, 0.25) is 17.5 Å². The van der Waals surface area contributed by atoms with Crippen molar-refractivity contribution in [2.45, 2.75) is 13.8 Å². The number of amides is 1. The molecular weight excluding hydrogens is 486 g/mol. The highest BCUT2D eigenvalue weighted by molar-refractivity contribution is 7.80. The highest BCUT2D eigenvalue weighted by Crippen LogP contribution is 2.30. The largest absolute Gasteiger partial charge is 0.491 e. The fraction of sp³-hybridized carbons (Fsp3) is 0.125. The summed E-state index contributed by atoms with van der Waals surface area (Å²) >= 11 is 5.02. The number of carbonyl (C=O) groups excluding carboxylic acids is 1. The summed E-state index contributed by atoms with van der Waals surface area (Å²) in [6.45, 7) is 3.86. The first-order valence-electron chi connectivity index (χ1n) is 10.1. The number of thiocarbonyl (C=S) groups is 1. The molecule has 0 aliphatic rings. The van der Waals surface area contributed by atoms with Crippen LogP contribution < -0.4 is 15.4 Å². The predicted molar refractivity (Wildman–Crippen MR) is 125 cm³/mol. The third-order valence-electron chi connectivity index (χ3n) is 5.07. The zero-order chi connectivity index (χ0) is 25.4. The zero-order valence-electron chi connectivity index (χ0n) is 18.6. The monoisotopic (exact) mass is 503 g/mol. The maximum absolute atomic E-state index is 14.2. The van der Waals surface area contributed by atoms with E-state index in [1.165, 1.54) is 0 Å². The fourth-order valence-electron chi connectivity index (χ4n) is 3.55. The van der Waals surface area contributed by atoms with Crippen molar-refractivity contribution >= 4 is 40.0 Å². The molecule has 0 fully saturated rings. The number of carbonyl (C=O) groups is 1. The summed E-state index contributed by atoms with van der Waals surface area (Å²) < 4.78 is 66.4. The molecule has 180 valence electrons.